The number of aromatic amines is 1. The van der Waals surface area contributed by atoms with E-state index < -0.39 is 47.3 Å². The highest BCUT2D eigenvalue weighted by molar-refractivity contribution is 6.35. The number of ether oxygens (including phenoxy) is 4. The zero-order valence-electron chi connectivity index (χ0n) is 49.8. The van der Waals surface area contributed by atoms with Crippen LogP contribution < -0.4 is 0 Å². The number of halogens is 6. The number of allylic oxidation sites excluding steroid dienone is 1. The van der Waals surface area contributed by atoms with E-state index >= 15 is 0 Å². The SMILES string of the molecule is CC(C)(C)OC(=O)N1CC=C[C@@H](n2c3ccc(Cl)cc3c3cc(Cl)ccc32)C1.CC(C)(C)OC(=O)N1C[C@H](O)[C@H](O)[C@@H](n2c3ccc(Cl)cc3c3cc(Cl)ccc32)C1.CC(C)(C)OC(=O)OC1C=CCCC1.Clc1ccc2[nH]c3ccc(Cl)cc3c2c1. The summed E-state index contributed by atoms with van der Waals surface area (Å²) in [6.07, 6.45) is 7.51. The van der Waals surface area contributed by atoms with E-state index in [1.807, 2.05) is 161 Å². The van der Waals surface area contributed by atoms with Gasteiger partial charge in [-0.25, -0.2) is 14.4 Å². The summed E-state index contributed by atoms with van der Waals surface area (Å²) in [5.41, 5.74) is 4.29. The average Bonchev–Trinajstić information content (AvgIpc) is 1.62. The van der Waals surface area contributed by atoms with Crippen LogP contribution in [0.15, 0.2) is 133 Å². The number of likely N-dealkylation sites (tertiary alicyclic amines) is 1. The summed E-state index contributed by atoms with van der Waals surface area (Å²) in [5, 5.41) is 31.5. The first-order chi connectivity index (χ1) is 41.0. The van der Waals surface area contributed by atoms with Crippen molar-refractivity contribution in [3.8, 4) is 0 Å². The van der Waals surface area contributed by atoms with Crippen LogP contribution in [-0.2, 0) is 18.9 Å². The zero-order chi connectivity index (χ0) is 62.9. The smallest absolute Gasteiger partial charge is 0.444 e. The number of rotatable bonds is 3. The van der Waals surface area contributed by atoms with E-state index in [0.29, 0.717) is 33.2 Å². The van der Waals surface area contributed by atoms with Crippen molar-refractivity contribution in [3.63, 3.8) is 0 Å². The minimum atomic E-state index is -1.11. The molecule has 6 aromatic carbocycles. The number of aromatic nitrogens is 3. The van der Waals surface area contributed by atoms with Crippen LogP contribution in [-0.4, -0.2) is 114 Å². The lowest BCUT2D eigenvalue weighted by Gasteiger charge is -2.40. The van der Waals surface area contributed by atoms with Gasteiger partial charge in [0.05, 0.1) is 24.7 Å². The van der Waals surface area contributed by atoms with Crippen LogP contribution in [0.4, 0.5) is 14.4 Å². The molecule has 2 aliphatic heterocycles. The molecule has 87 heavy (non-hydrogen) atoms. The second kappa shape index (κ2) is 26.8. The number of nitrogens with one attached hydrogen (secondary N) is 1. The number of aliphatic hydroxyl groups excluding tert-OH is 2. The van der Waals surface area contributed by atoms with Crippen molar-refractivity contribution in [1.82, 2.24) is 23.9 Å². The third-order valence-corrected chi connectivity index (χ3v) is 15.9. The van der Waals surface area contributed by atoms with Crippen LogP contribution in [0.1, 0.15) is 93.7 Å². The Labute approximate surface area is 535 Å². The normalized spacial score (nSPS) is 18.9. The number of hydrogen-bond acceptors (Lipinski definition) is 9. The predicted octanol–water partition coefficient (Wildman–Crippen LogP) is 18.7. The highest BCUT2D eigenvalue weighted by Gasteiger charge is 2.40. The van der Waals surface area contributed by atoms with Gasteiger partial charge in [-0.05, 0) is 197 Å². The summed E-state index contributed by atoms with van der Waals surface area (Å²) >= 11 is 36.9. The monoisotopic (exact) mass is 1300 g/mol. The Balaban J connectivity index is 0.000000146. The van der Waals surface area contributed by atoms with Crippen LogP contribution in [0.2, 0.25) is 30.1 Å². The first kappa shape index (κ1) is 65.1. The number of amides is 2. The second-order valence-electron chi connectivity index (χ2n) is 24.8. The summed E-state index contributed by atoms with van der Waals surface area (Å²) in [6, 6.07) is 33.8. The Hall–Kier alpha value is -6.33. The Morgan fingerprint density at radius 3 is 1.33 bits per heavy atom. The van der Waals surface area contributed by atoms with Gasteiger partial charge in [-0.3, -0.25) is 0 Å². The highest BCUT2D eigenvalue weighted by atomic mass is 35.5. The molecule has 1 aliphatic carbocycles. The molecule has 12 rings (SSSR count). The number of hydrogen-bond donors (Lipinski definition) is 3. The van der Waals surface area contributed by atoms with E-state index in [1.54, 1.807) is 37.8 Å². The number of piperidine rings is 1. The van der Waals surface area contributed by atoms with Crippen molar-refractivity contribution in [3.05, 3.63) is 164 Å². The van der Waals surface area contributed by atoms with Gasteiger partial charge in [0.2, 0.25) is 0 Å². The fraction of sp³-hybridized carbons (Fsp3) is 0.358. The molecular formula is C67H71Cl6N5O9. The summed E-state index contributed by atoms with van der Waals surface area (Å²) in [6.45, 7) is 17.7. The van der Waals surface area contributed by atoms with Crippen molar-refractivity contribution in [2.75, 3.05) is 26.2 Å². The van der Waals surface area contributed by atoms with Gasteiger partial charge in [0.25, 0.3) is 0 Å². The van der Waals surface area contributed by atoms with Crippen molar-refractivity contribution in [2.45, 2.75) is 129 Å². The van der Waals surface area contributed by atoms with Gasteiger partial charge < -0.3 is 53.1 Å². The maximum absolute atomic E-state index is 12.7. The molecule has 14 nitrogen and oxygen atoms in total. The second-order valence-corrected chi connectivity index (χ2v) is 27.4. The van der Waals surface area contributed by atoms with Crippen LogP contribution in [0, 0.1) is 0 Å². The molecule has 0 spiro atoms. The van der Waals surface area contributed by atoms with Crippen LogP contribution in [0.25, 0.3) is 65.4 Å². The number of H-pyrrole nitrogens is 1. The summed E-state index contributed by atoms with van der Waals surface area (Å²) in [7, 11) is 0. The molecule has 3 N–H and O–H groups in total. The lowest BCUT2D eigenvalue weighted by molar-refractivity contribution is -0.0704. The molecule has 460 valence electrons. The number of aliphatic hydroxyl groups is 2. The molecule has 0 bridgehead atoms. The Morgan fingerprint density at radius 2 is 0.908 bits per heavy atom. The molecule has 3 aliphatic rings. The van der Waals surface area contributed by atoms with Gasteiger partial charge in [-0.2, -0.15) is 0 Å². The van der Waals surface area contributed by atoms with Gasteiger partial charge >= 0.3 is 18.3 Å². The fourth-order valence-corrected chi connectivity index (χ4v) is 11.9. The van der Waals surface area contributed by atoms with E-state index in [2.05, 4.69) is 15.6 Å². The first-order valence-electron chi connectivity index (χ1n) is 28.7. The quantitative estimate of drug-likeness (QED) is 0.0888. The average molecular weight is 1300 g/mol. The van der Waals surface area contributed by atoms with Gasteiger partial charge in [0.15, 0.2) is 0 Å². The van der Waals surface area contributed by atoms with Gasteiger partial charge in [-0.1, -0.05) is 87.8 Å². The maximum atomic E-state index is 12.7. The number of carbonyl (C=O) groups is 3. The van der Waals surface area contributed by atoms with Crippen molar-refractivity contribution >= 4 is 153 Å². The molecule has 0 saturated carbocycles. The number of fused-ring (bicyclic) bond motifs is 9. The number of β-amino-alcohol motifs (C(OH)–C–C–N with tert-alkyl or cyclic N) is 1. The Bertz CT molecular complexity index is 3900. The third kappa shape index (κ3) is 16.1. The Morgan fingerprint density at radius 1 is 0.494 bits per heavy atom. The molecule has 2 amide bonds. The molecule has 9 aromatic rings. The molecule has 1 unspecified atom stereocenters. The largest absolute Gasteiger partial charge is 0.509 e. The molecule has 1 saturated heterocycles. The van der Waals surface area contributed by atoms with Crippen molar-refractivity contribution in [1.29, 1.82) is 0 Å². The molecular weight excluding hydrogens is 1230 g/mol. The highest BCUT2D eigenvalue weighted by Crippen LogP contribution is 2.40. The Kier molecular flexibility index (Phi) is 20.1. The van der Waals surface area contributed by atoms with E-state index in [-0.39, 0.29) is 31.3 Å². The summed E-state index contributed by atoms with van der Waals surface area (Å²) < 4.78 is 25.4. The minimum Gasteiger partial charge on any atom is -0.444 e. The zero-order valence-corrected chi connectivity index (χ0v) is 54.4. The van der Waals surface area contributed by atoms with Crippen LogP contribution in [0.5, 0.6) is 0 Å². The molecule has 1 fully saturated rings. The van der Waals surface area contributed by atoms with E-state index in [1.165, 1.54) is 4.90 Å². The van der Waals surface area contributed by atoms with E-state index in [9.17, 15) is 24.6 Å². The van der Waals surface area contributed by atoms with Gasteiger partial charge in [-0.15, -0.1) is 0 Å². The standard InChI is InChI=1S/C22H24Cl2N2O4.C22H22Cl2N2O2.C12H7Cl2N.C11H18O3/c1-22(2,3)30-21(29)25-10-18(20(28)19(27)11-25)26-16-6-4-12(23)8-14(16)15-9-13(24)5-7-17(15)26;1-22(2,3)28-21(27)25-10-4-5-16(13-25)26-19-8-6-14(23)11-17(19)18-12-15(24)7-9-20(18)26;13-7-1-3-11-9(5-7)10-6-8(14)2-4-12(10)15-11;1-11(2,3)14-10(12)13-9-7-5-4-6-8-9/h4-9,18-20,27-28H,10-11H2,1-3H3;4-9,11-12,16H,10,13H2,1-3H3;1-6,15H;5,7,9H,4,6,8H2,1-3H3/t18-,19-,20+;16-;;/m01../s1. The van der Waals surface area contributed by atoms with Gasteiger partial charge in [0, 0.05) is 115 Å². The van der Waals surface area contributed by atoms with E-state index in [0.717, 1.165) is 94.7 Å². The van der Waals surface area contributed by atoms with Gasteiger partial charge in [0.1, 0.15) is 29.0 Å². The lowest BCUT2D eigenvalue weighted by atomic mass is 9.99. The first-order valence-corrected chi connectivity index (χ1v) is 30.9. The fourth-order valence-electron chi connectivity index (χ4n) is 10.9. The third-order valence-electron chi connectivity index (χ3n) is 14.5. The molecule has 20 heteroatoms. The molecule has 5 atom stereocenters. The van der Waals surface area contributed by atoms with Crippen molar-refractivity contribution < 1.29 is 43.5 Å². The number of carbonyl (C=O) groups excluding carboxylic acids is 3. The van der Waals surface area contributed by atoms with Crippen molar-refractivity contribution in [2.24, 2.45) is 0 Å². The van der Waals surface area contributed by atoms with E-state index in [4.69, 9.17) is 88.6 Å². The maximum Gasteiger partial charge on any atom is 0.509 e. The summed E-state index contributed by atoms with van der Waals surface area (Å²) in [4.78, 5) is 43.0. The lowest BCUT2D eigenvalue weighted by Crippen LogP contribution is -2.55. The topological polar surface area (TPSA) is 161 Å². The predicted molar refractivity (Wildman–Crippen MR) is 354 cm³/mol. The number of benzene rings is 6. The van der Waals surface area contributed by atoms with Crippen LogP contribution >= 0.6 is 69.6 Å². The molecule has 3 aromatic heterocycles. The minimum absolute atomic E-state index is 0.00136. The molecule has 5 heterocycles. The molecule has 0 radical (unpaired) electrons. The number of nitrogens with zero attached hydrogens (tertiary/aromatic N) is 4. The van der Waals surface area contributed by atoms with Crippen LogP contribution in [0.3, 0.4) is 0 Å². The summed E-state index contributed by atoms with van der Waals surface area (Å²) in [5.74, 6) is 0.